The first-order chi connectivity index (χ1) is 13.8. The number of hydrogen-bond donors (Lipinski definition) is 1. The minimum atomic E-state index is -4.93. The van der Waals surface area contributed by atoms with Gasteiger partial charge in [-0.25, -0.2) is 9.67 Å². The molecule has 1 fully saturated rings. The van der Waals surface area contributed by atoms with Gasteiger partial charge in [0.25, 0.3) is 5.56 Å². The average Bonchev–Trinajstić information content (AvgIpc) is 3.11. The van der Waals surface area contributed by atoms with Crippen molar-refractivity contribution in [1.82, 2.24) is 29.9 Å². The molecule has 0 aliphatic carbocycles. The van der Waals surface area contributed by atoms with E-state index >= 15 is 0 Å². The van der Waals surface area contributed by atoms with Gasteiger partial charge in [-0.3, -0.25) is 9.59 Å². The van der Waals surface area contributed by atoms with Crippen LogP contribution in [0, 0.1) is 0 Å². The Kier molecular flexibility index (Phi) is 4.81. The number of benzene rings is 1. The van der Waals surface area contributed by atoms with E-state index in [2.05, 4.69) is 20.3 Å². The minimum Gasteiger partial charge on any atom is -0.334 e. The standard InChI is InChI=1S/C18H17F3N6O2/c19-18(20,21)17(29)26-8-4-7-12(10-26)14-22-15-13(16(28)23-14)24-25-27(15)9-11-5-2-1-3-6-11/h1-3,5-6,12H,4,7-10H2,(H,22,23,28)/t12-/m1/s1. The summed E-state index contributed by atoms with van der Waals surface area (Å²) in [7, 11) is 0. The van der Waals surface area contributed by atoms with Crippen molar-refractivity contribution in [1.29, 1.82) is 0 Å². The summed E-state index contributed by atoms with van der Waals surface area (Å²) < 4.78 is 39.8. The highest BCUT2D eigenvalue weighted by Gasteiger charge is 2.44. The molecular formula is C18H17F3N6O2. The predicted octanol–water partition coefficient (Wildman–Crippen LogP) is 1.83. The maximum Gasteiger partial charge on any atom is 0.471 e. The zero-order valence-electron chi connectivity index (χ0n) is 15.2. The quantitative estimate of drug-likeness (QED) is 0.716. The highest BCUT2D eigenvalue weighted by atomic mass is 19.4. The van der Waals surface area contributed by atoms with Crippen molar-refractivity contribution < 1.29 is 18.0 Å². The summed E-state index contributed by atoms with van der Waals surface area (Å²) in [5, 5.41) is 7.85. The van der Waals surface area contributed by atoms with E-state index in [0.29, 0.717) is 19.4 Å². The number of carbonyl (C=O) groups excluding carboxylic acids is 1. The monoisotopic (exact) mass is 406 g/mol. The molecule has 0 unspecified atom stereocenters. The lowest BCUT2D eigenvalue weighted by molar-refractivity contribution is -0.186. The highest BCUT2D eigenvalue weighted by Crippen LogP contribution is 2.28. The molecule has 29 heavy (non-hydrogen) atoms. The number of hydrogen-bond acceptors (Lipinski definition) is 5. The predicted molar refractivity (Wildman–Crippen MR) is 96.1 cm³/mol. The SMILES string of the molecule is O=C(N1CCC[C@@H](c2nc3c(nnn3Cc3ccccc3)c(=O)[nH]2)C1)C(F)(F)F. The van der Waals surface area contributed by atoms with Gasteiger partial charge in [0.2, 0.25) is 0 Å². The third-order valence-electron chi connectivity index (χ3n) is 4.90. The van der Waals surface area contributed by atoms with Gasteiger partial charge in [-0.05, 0) is 18.4 Å². The maximum absolute atomic E-state index is 12.8. The number of aromatic amines is 1. The average molecular weight is 406 g/mol. The Morgan fingerprint density at radius 1 is 1.24 bits per heavy atom. The normalized spacial score (nSPS) is 17.6. The summed E-state index contributed by atoms with van der Waals surface area (Å²) in [6.45, 7) is 0.207. The second-order valence-corrected chi connectivity index (χ2v) is 6.94. The van der Waals surface area contributed by atoms with Gasteiger partial charge in [-0.2, -0.15) is 13.2 Å². The van der Waals surface area contributed by atoms with Gasteiger partial charge in [-0.1, -0.05) is 35.5 Å². The van der Waals surface area contributed by atoms with Crippen molar-refractivity contribution in [3.05, 3.63) is 52.1 Å². The number of carbonyl (C=O) groups is 1. The van der Waals surface area contributed by atoms with E-state index < -0.39 is 23.6 Å². The Morgan fingerprint density at radius 2 is 2.00 bits per heavy atom. The zero-order chi connectivity index (χ0) is 20.6. The smallest absolute Gasteiger partial charge is 0.334 e. The fraction of sp³-hybridized carbons (Fsp3) is 0.389. The first kappa shape index (κ1) is 19.1. The lowest BCUT2D eigenvalue weighted by atomic mass is 9.97. The molecule has 1 aromatic carbocycles. The molecule has 152 valence electrons. The number of nitrogens with zero attached hydrogens (tertiary/aromatic N) is 5. The third-order valence-corrected chi connectivity index (χ3v) is 4.90. The second-order valence-electron chi connectivity index (χ2n) is 6.94. The van der Waals surface area contributed by atoms with Gasteiger partial charge < -0.3 is 9.88 Å². The Bertz CT molecular complexity index is 1090. The lowest BCUT2D eigenvalue weighted by Gasteiger charge is -2.32. The summed E-state index contributed by atoms with van der Waals surface area (Å²) in [5.41, 5.74) is 0.738. The van der Waals surface area contributed by atoms with Crippen LogP contribution in [0.15, 0.2) is 35.1 Å². The van der Waals surface area contributed by atoms with Crippen molar-refractivity contribution >= 4 is 17.1 Å². The zero-order valence-corrected chi connectivity index (χ0v) is 15.2. The van der Waals surface area contributed by atoms with Crippen molar-refractivity contribution in [2.45, 2.75) is 31.5 Å². The van der Waals surface area contributed by atoms with Crippen molar-refractivity contribution in [2.24, 2.45) is 0 Å². The number of likely N-dealkylation sites (tertiary alicyclic amines) is 1. The number of piperidine rings is 1. The third kappa shape index (κ3) is 3.84. The summed E-state index contributed by atoms with van der Waals surface area (Å²) in [5.74, 6) is -2.15. The minimum absolute atomic E-state index is 0.0226. The number of nitrogens with one attached hydrogen (secondary N) is 1. The molecule has 1 saturated heterocycles. The highest BCUT2D eigenvalue weighted by molar-refractivity contribution is 5.82. The summed E-state index contributed by atoms with van der Waals surface area (Å²) >= 11 is 0. The van der Waals surface area contributed by atoms with Crippen molar-refractivity contribution in [3.63, 3.8) is 0 Å². The molecule has 4 rings (SSSR count). The molecule has 1 aliphatic rings. The molecule has 0 saturated carbocycles. The van der Waals surface area contributed by atoms with Crippen molar-refractivity contribution in [2.75, 3.05) is 13.1 Å². The van der Waals surface area contributed by atoms with E-state index in [1.165, 1.54) is 4.68 Å². The number of rotatable bonds is 3. The van der Waals surface area contributed by atoms with Crippen LogP contribution in [0.5, 0.6) is 0 Å². The molecule has 1 N–H and O–H groups in total. The van der Waals surface area contributed by atoms with Crippen LogP contribution >= 0.6 is 0 Å². The molecule has 3 heterocycles. The van der Waals surface area contributed by atoms with Gasteiger partial charge in [0.1, 0.15) is 5.82 Å². The van der Waals surface area contributed by atoms with Crippen LogP contribution in [-0.4, -0.2) is 55.0 Å². The number of amides is 1. The van der Waals surface area contributed by atoms with Gasteiger partial charge in [-0.15, -0.1) is 5.10 Å². The number of fused-ring (bicyclic) bond motifs is 1. The van der Waals surface area contributed by atoms with Gasteiger partial charge in [0.05, 0.1) is 6.54 Å². The first-order valence-electron chi connectivity index (χ1n) is 9.06. The summed E-state index contributed by atoms with van der Waals surface area (Å²) in [6.07, 6.45) is -4.03. The first-order valence-corrected chi connectivity index (χ1v) is 9.06. The molecule has 1 atom stereocenters. The maximum atomic E-state index is 12.8. The topological polar surface area (TPSA) is 96.8 Å². The van der Waals surface area contributed by atoms with Crippen molar-refractivity contribution in [3.8, 4) is 0 Å². The molecule has 3 aromatic rings. The Morgan fingerprint density at radius 3 is 2.72 bits per heavy atom. The number of aromatic nitrogens is 5. The molecule has 0 bridgehead atoms. The van der Waals surface area contributed by atoms with E-state index in [1.807, 2.05) is 30.3 Å². The molecular weight excluding hydrogens is 389 g/mol. The van der Waals surface area contributed by atoms with Crippen LogP contribution in [0.4, 0.5) is 13.2 Å². The molecule has 1 amide bonds. The summed E-state index contributed by atoms with van der Waals surface area (Å²) in [6, 6.07) is 9.40. The Balaban J connectivity index is 1.65. The summed E-state index contributed by atoms with van der Waals surface area (Å²) in [4.78, 5) is 31.8. The van der Waals surface area contributed by atoms with Gasteiger partial charge >= 0.3 is 12.1 Å². The van der Waals surface area contributed by atoms with Crippen LogP contribution < -0.4 is 5.56 Å². The molecule has 1 aliphatic heterocycles. The van der Waals surface area contributed by atoms with E-state index in [-0.39, 0.29) is 30.1 Å². The number of H-pyrrole nitrogens is 1. The van der Waals surface area contributed by atoms with E-state index in [4.69, 9.17) is 0 Å². The number of alkyl halides is 3. The molecule has 8 nitrogen and oxygen atoms in total. The van der Waals surface area contributed by atoms with Gasteiger partial charge in [0, 0.05) is 19.0 Å². The van der Waals surface area contributed by atoms with E-state index in [0.717, 1.165) is 10.5 Å². The molecule has 11 heteroatoms. The Hall–Kier alpha value is -3.24. The Labute approximate surface area is 162 Å². The molecule has 0 radical (unpaired) electrons. The van der Waals surface area contributed by atoms with Crippen LogP contribution in [0.3, 0.4) is 0 Å². The fourth-order valence-corrected chi connectivity index (χ4v) is 3.50. The van der Waals surface area contributed by atoms with Crippen LogP contribution in [0.1, 0.15) is 30.1 Å². The number of halogens is 3. The second kappa shape index (κ2) is 7.30. The fourth-order valence-electron chi connectivity index (χ4n) is 3.50. The van der Waals surface area contributed by atoms with E-state index in [9.17, 15) is 22.8 Å². The van der Waals surface area contributed by atoms with Gasteiger partial charge in [0.15, 0.2) is 11.2 Å². The van der Waals surface area contributed by atoms with E-state index in [1.54, 1.807) is 0 Å². The molecule has 0 spiro atoms. The van der Waals surface area contributed by atoms with Crippen LogP contribution in [0.25, 0.3) is 11.2 Å². The molecule has 2 aromatic heterocycles. The lowest BCUT2D eigenvalue weighted by Crippen LogP contribution is -2.46. The van der Waals surface area contributed by atoms with Crippen LogP contribution in [0.2, 0.25) is 0 Å². The largest absolute Gasteiger partial charge is 0.471 e. The van der Waals surface area contributed by atoms with Crippen LogP contribution in [-0.2, 0) is 11.3 Å².